The third-order valence-corrected chi connectivity index (χ3v) is 5.40. The molecule has 2 aromatic carbocycles. The van der Waals surface area contributed by atoms with Crippen LogP contribution in [0.1, 0.15) is 26.3 Å². The van der Waals surface area contributed by atoms with Gasteiger partial charge in [0.05, 0.1) is 23.1 Å². The Morgan fingerprint density at radius 2 is 1.62 bits per heavy atom. The zero-order valence-electron chi connectivity index (χ0n) is 14.6. The summed E-state index contributed by atoms with van der Waals surface area (Å²) >= 11 is 0. The van der Waals surface area contributed by atoms with Crippen molar-refractivity contribution >= 4 is 22.0 Å². The molecule has 0 unspecified atom stereocenters. The second-order valence-electron chi connectivity index (χ2n) is 5.58. The van der Waals surface area contributed by atoms with Gasteiger partial charge in [-0.05, 0) is 35.9 Å². The number of benzene rings is 2. The van der Waals surface area contributed by atoms with Crippen molar-refractivity contribution in [3.63, 3.8) is 0 Å². The van der Waals surface area contributed by atoms with Gasteiger partial charge in [-0.2, -0.15) is 0 Å². The van der Waals surface area contributed by atoms with Crippen molar-refractivity contribution in [2.75, 3.05) is 21.2 Å². The number of hydrogen-bond acceptors (Lipinski definition) is 6. The van der Waals surface area contributed by atoms with E-state index in [0.29, 0.717) is 11.1 Å². The molecule has 0 aromatic heterocycles. The van der Waals surface area contributed by atoms with E-state index in [1.807, 2.05) is 0 Å². The van der Waals surface area contributed by atoms with Crippen LogP contribution in [0, 0.1) is 0 Å². The molecule has 0 radical (unpaired) electrons. The minimum atomic E-state index is -3.63. The summed E-state index contributed by atoms with van der Waals surface area (Å²) in [6.45, 7) is -0.00898. The minimum absolute atomic E-state index is 0.00898. The summed E-state index contributed by atoms with van der Waals surface area (Å²) in [5.41, 5.74) is 1.21. The molecule has 0 spiro atoms. The van der Waals surface area contributed by atoms with Gasteiger partial charge in [-0.3, -0.25) is 0 Å². The molecule has 0 aliphatic heterocycles. The van der Waals surface area contributed by atoms with Gasteiger partial charge in [0.1, 0.15) is 6.61 Å². The molecule has 0 amide bonds. The van der Waals surface area contributed by atoms with Crippen LogP contribution in [0.4, 0.5) is 0 Å². The van der Waals surface area contributed by atoms with Gasteiger partial charge in [-0.15, -0.1) is 0 Å². The first kappa shape index (κ1) is 19.6. The van der Waals surface area contributed by atoms with E-state index in [9.17, 15) is 18.0 Å². The number of ether oxygens (including phenoxy) is 2. The maximum Gasteiger partial charge on any atom is 0.338 e. The van der Waals surface area contributed by atoms with Crippen LogP contribution in [0.25, 0.3) is 0 Å². The molecular formula is C18H19NO6S. The Kier molecular flexibility index (Phi) is 6.12. The normalized spacial score (nSPS) is 11.2. The fraction of sp³-hybridized carbons (Fsp3) is 0.222. The van der Waals surface area contributed by atoms with E-state index in [-0.39, 0.29) is 17.1 Å². The van der Waals surface area contributed by atoms with Gasteiger partial charge in [0.15, 0.2) is 0 Å². The Balaban J connectivity index is 2.08. The van der Waals surface area contributed by atoms with Gasteiger partial charge >= 0.3 is 11.9 Å². The molecule has 0 atom stereocenters. The van der Waals surface area contributed by atoms with Gasteiger partial charge < -0.3 is 9.47 Å². The molecule has 2 aromatic rings. The van der Waals surface area contributed by atoms with Gasteiger partial charge in [0, 0.05) is 14.1 Å². The van der Waals surface area contributed by atoms with Crippen molar-refractivity contribution in [3.8, 4) is 0 Å². The Labute approximate surface area is 152 Å². The Morgan fingerprint density at radius 1 is 0.962 bits per heavy atom. The van der Waals surface area contributed by atoms with Crippen molar-refractivity contribution in [1.29, 1.82) is 0 Å². The summed E-state index contributed by atoms with van der Waals surface area (Å²) in [6, 6.07) is 12.1. The van der Waals surface area contributed by atoms with Crippen molar-refractivity contribution in [2.24, 2.45) is 0 Å². The van der Waals surface area contributed by atoms with Crippen LogP contribution in [-0.2, 0) is 26.1 Å². The Morgan fingerprint density at radius 3 is 2.19 bits per heavy atom. The number of sulfonamides is 1. The number of carbonyl (C=O) groups excluding carboxylic acids is 2. The summed E-state index contributed by atoms with van der Waals surface area (Å²) in [6.07, 6.45) is 0. The van der Waals surface area contributed by atoms with E-state index in [2.05, 4.69) is 4.74 Å². The smallest absolute Gasteiger partial charge is 0.338 e. The molecule has 0 N–H and O–H groups in total. The Hall–Kier alpha value is -2.71. The van der Waals surface area contributed by atoms with Crippen LogP contribution in [0.15, 0.2) is 53.4 Å². The van der Waals surface area contributed by atoms with Gasteiger partial charge in [-0.25, -0.2) is 22.3 Å². The molecule has 138 valence electrons. The summed E-state index contributed by atoms with van der Waals surface area (Å²) in [7, 11) is 0.491. The summed E-state index contributed by atoms with van der Waals surface area (Å²) < 4.78 is 35.2. The maximum atomic E-state index is 12.2. The molecule has 0 saturated carbocycles. The highest BCUT2D eigenvalue weighted by atomic mass is 32.2. The number of nitrogens with zero attached hydrogens (tertiary/aromatic N) is 1. The third kappa shape index (κ3) is 4.47. The fourth-order valence-corrected chi connectivity index (χ4v) is 3.03. The number of rotatable bonds is 6. The average Bonchev–Trinajstić information content (AvgIpc) is 2.65. The largest absolute Gasteiger partial charge is 0.465 e. The second-order valence-corrected chi connectivity index (χ2v) is 7.73. The molecule has 8 heteroatoms. The molecule has 0 aliphatic carbocycles. The first-order chi connectivity index (χ1) is 12.3. The van der Waals surface area contributed by atoms with Crippen LogP contribution in [0.2, 0.25) is 0 Å². The van der Waals surface area contributed by atoms with Gasteiger partial charge in [0.25, 0.3) is 0 Å². The number of methoxy groups -OCH3 is 1. The topological polar surface area (TPSA) is 90.0 Å². The molecule has 0 bridgehead atoms. The number of hydrogen-bond donors (Lipinski definition) is 0. The molecular weight excluding hydrogens is 358 g/mol. The lowest BCUT2D eigenvalue weighted by atomic mass is 10.1. The summed E-state index contributed by atoms with van der Waals surface area (Å²) in [4.78, 5) is 23.6. The van der Waals surface area contributed by atoms with E-state index in [0.717, 1.165) is 4.31 Å². The first-order valence-corrected chi connectivity index (χ1v) is 9.06. The maximum absolute atomic E-state index is 12.2. The monoisotopic (exact) mass is 377 g/mol. The van der Waals surface area contributed by atoms with E-state index in [1.54, 1.807) is 24.3 Å². The summed E-state index contributed by atoms with van der Waals surface area (Å²) in [5, 5.41) is 0. The van der Waals surface area contributed by atoms with E-state index >= 15 is 0 Å². The summed E-state index contributed by atoms with van der Waals surface area (Å²) in [5.74, 6) is -1.09. The van der Waals surface area contributed by atoms with Gasteiger partial charge in [-0.1, -0.05) is 18.2 Å². The number of esters is 2. The highest BCUT2D eigenvalue weighted by Crippen LogP contribution is 2.16. The average molecular weight is 377 g/mol. The van der Waals surface area contributed by atoms with Crippen molar-refractivity contribution < 1.29 is 27.5 Å². The molecule has 26 heavy (non-hydrogen) atoms. The Bertz CT molecular complexity index is 904. The lowest BCUT2D eigenvalue weighted by Crippen LogP contribution is -2.22. The van der Waals surface area contributed by atoms with Gasteiger partial charge in [0.2, 0.25) is 10.0 Å². The highest BCUT2D eigenvalue weighted by molar-refractivity contribution is 7.89. The van der Waals surface area contributed by atoms with Crippen LogP contribution in [0.5, 0.6) is 0 Å². The first-order valence-electron chi connectivity index (χ1n) is 7.62. The zero-order chi connectivity index (χ0) is 19.3. The predicted molar refractivity (Wildman–Crippen MR) is 94.2 cm³/mol. The predicted octanol–water partition coefficient (Wildman–Crippen LogP) is 2.08. The standard InChI is InChI=1S/C18H19NO6S/c1-19(2)26(22,23)16-6-4-5-15(11-16)18(21)25-12-13-7-9-14(10-8-13)17(20)24-3/h4-11H,12H2,1-3H3. The molecule has 0 fully saturated rings. The quantitative estimate of drug-likeness (QED) is 0.716. The van der Waals surface area contributed by atoms with Crippen molar-refractivity contribution in [2.45, 2.75) is 11.5 Å². The van der Waals surface area contributed by atoms with Crippen molar-refractivity contribution in [1.82, 2.24) is 4.31 Å². The van der Waals surface area contributed by atoms with Crippen molar-refractivity contribution in [3.05, 3.63) is 65.2 Å². The number of carbonyl (C=O) groups is 2. The zero-order valence-corrected chi connectivity index (χ0v) is 15.4. The van der Waals surface area contributed by atoms with Crippen LogP contribution in [-0.4, -0.2) is 45.9 Å². The molecule has 0 saturated heterocycles. The molecule has 2 rings (SSSR count). The van der Waals surface area contributed by atoms with Crippen LogP contribution < -0.4 is 0 Å². The molecule has 0 heterocycles. The lowest BCUT2D eigenvalue weighted by Gasteiger charge is -2.12. The van der Waals surface area contributed by atoms with Crippen LogP contribution in [0.3, 0.4) is 0 Å². The fourth-order valence-electron chi connectivity index (χ4n) is 2.08. The highest BCUT2D eigenvalue weighted by Gasteiger charge is 2.19. The van der Waals surface area contributed by atoms with E-state index in [1.165, 1.54) is 45.5 Å². The molecule has 7 nitrogen and oxygen atoms in total. The van der Waals surface area contributed by atoms with Crippen LogP contribution >= 0.6 is 0 Å². The minimum Gasteiger partial charge on any atom is -0.465 e. The second kappa shape index (κ2) is 8.11. The molecule has 0 aliphatic rings. The SMILES string of the molecule is COC(=O)c1ccc(COC(=O)c2cccc(S(=O)(=O)N(C)C)c2)cc1. The van der Waals surface area contributed by atoms with E-state index < -0.39 is 22.0 Å². The lowest BCUT2D eigenvalue weighted by molar-refractivity contribution is 0.0471. The third-order valence-electron chi connectivity index (χ3n) is 3.59. The van der Waals surface area contributed by atoms with E-state index in [4.69, 9.17) is 4.74 Å².